The lowest BCUT2D eigenvalue weighted by atomic mass is 9.99. The maximum absolute atomic E-state index is 12.7. The fraction of sp³-hybridized carbons (Fsp3) is 0.737. The third kappa shape index (κ3) is 4.61. The lowest BCUT2D eigenvalue weighted by molar-refractivity contribution is -0.135. The van der Waals surface area contributed by atoms with Crippen LogP contribution in [0.15, 0.2) is 12.4 Å². The van der Waals surface area contributed by atoms with Gasteiger partial charge >= 0.3 is 0 Å². The van der Waals surface area contributed by atoms with E-state index >= 15 is 0 Å². The van der Waals surface area contributed by atoms with Gasteiger partial charge < -0.3 is 14.8 Å². The molecule has 0 bridgehead atoms. The molecule has 1 atom stereocenters. The molecular weight excluding hydrogens is 316 g/mol. The van der Waals surface area contributed by atoms with Crippen molar-refractivity contribution < 1.29 is 9.59 Å². The van der Waals surface area contributed by atoms with E-state index in [1.165, 1.54) is 12.8 Å². The average molecular weight is 346 g/mol. The summed E-state index contributed by atoms with van der Waals surface area (Å²) in [5.74, 6) is 1.45. The maximum Gasteiger partial charge on any atom is 0.242 e. The first-order chi connectivity index (χ1) is 12.1. The normalized spacial score (nSPS) is 21.5. The molecule has 0 spiro atoms. The summed E-state index contributed by atoms with van der Waals surface area (Å²) < 4.78 is 1.90. The first-order valence-corrected chi connectivity index (χ1v) is 9.70. The minimum atomic E-state index is 0.160. The molecule has 0 radical (unpaired) electrons. The summed E-state index contributed by atoms with van der Waals surface area (Å²) >= 11 is 0. The number of likely N-dealkylation sites (tertiary alicyclic amines) is 1. The third-order valence-corrected chi connectivity index (χ3v) is 5.68. The number of rotatable bonds is 6. The highest BCUT2D eigenvalue weighted by Gasteiger charge is 2.27. The van der Waals surface area contributed by atoms with Crippen LogP contribution in [0.5, 0.6) is 0 Å². The molecule has 0 aromatic carbocycles. The van der Waals surface area contributed by atoms with Crippen molar-refractivity contribution >= 4 is 11.8 Å². The molecule has 2 aliphatic rings. The van der Waals surface area contributed by atoms with Crippen LogP contribution < -0.4 is 5.32 Å². The first kappa shape index (κ1) is 18.0. The molecule has 3 rings (SSSR count). The summed E-state index contributed by atoms with van der Waals surface area (Å²) in [6, 6.07) is 0.244. The van der Waals surface area contributed by atoms with Crippen molar-refractivity contribution in [2.24, 2.45) is 5.92 Å². The standard InChI is InChI=1S/C19H30N4O2/c1-15-20-11-13-22(15)14-18(24)23-12-5-4-8-17(23)9-10-21-19(25)16-6-2-3-7-16/h11,13,16-17H,2-10,12,14H2,1H3,(H,21,25)/t17-/m1/s1. The van der Waals surface area contributed by atoms with Crippen LogP contribution in [0.4, 0.5) is 0 Å². The molecule has 6 heteroatoms. The van der Waals surface area contributed by atoms with Gasteiger partial charge in [0.2, 0.25) is 11.8 Å². The number of aromatic nitrogens is 2. The Morgan fingerprint density at radius 2 is 1.96 bits per heavy atom. The fourth-order valence-electron chi connectivity index (χ4n) is 4.13. The van der Waals surface area contributed by atoms with Crippen molar-refractivity contribution in [1.82, 2.24) is 19.8 Å². The van der Waals surface area contributed by atoms with Gasteiger partial charge in [-0.1, -0.05) is 12.8 Å². The number of carbonyl (C=O) groups is 2. The van der Waals surface area contributed by atoms with E-state index in [1.54, 1.807) is 6.20 Å². The van der Waals surface area contributed by atoms with Crippen molar-refractivity contribution in [2.75, 3.05) is 13.1 Å². The Hall–Kier alpha value is -1.85. The van der Waals surface area contributed by atoms with Crippen LogP contribution in [0.3, 0.4) is 0 Å². The molecule has 2 heterocycles. The van der Waals surface area contributed by atoms with Crippen LogP contribution in [-0.4, -0.2) is 45.4 Å². The quantitative estimate of drug-likeness (QED) is 0.859. The van der Waals surface area contributed by atoms with Crippen LogP contribution in [0.1, 0.15) is 57.2 Å². The van der Waals surface area contributed by atoms with Crippen molar-refractivity contribution in [1.29, 1.82) is 0 Å². The van der Waals surface area contributed by atoms with Gasteiger partial charge in [0.05, 0.1) is 0 Å². The van der Waals surface area contributed by atoms with Crippen LogP contribution >= 0.6 is 0 Å². The summed E-state index contributed by atoms with van der Waals surface area (Å²) in [5, 5.41) is 3.09. The van der Waals surface area contributed by atoms with E-state index in [0.29, 0.717) is 13.1 Å². The molecule has 1 aliphatic heterocycles. The predicted molar refractivity (Wildman–Crippen MR) is 95.9 cm³/mol. The van der Waals surface area contributed by atoms with Crippen LogP contribution in [0.25, 0.3) is 0 Å². The van der Waals surface area contributed by atoms with Gasteiger partial charge in [-0.2, -0.15) is 0 Å². The van der Waals surface area contributed by atoms with Gasteiger partial charge in [-0.15, -0.1) is 0 Å². The highest BCUT2D eigenvalue weighted by atomic mass is 16.2. The van der Waals surface area contributed by atoms with Crippen molar-refractivity contribution in [3.05, 3.63) is 18.2 Å². The first-order valence-electron chi connectivity index (χ1n) is 9.70. The van der Waals surface area contributed by atoms with Gasteiger partial charge in [-0.3, -0.25) is 9.59 Å². The van der Waals surface area contributed by atoms with E-state index in [-0.39, 0.29) is 23.8 Å². The summed E-state index contributed by atoms with van der Waals surface area (Å²) in [7, 11) is 0. The molecule has 1 aromatic heterocycles. The van der Waals surface area contributed by atoms with Crippen LogP contribution in [-0.2, 0) is 16.1 Å². The number of piperidine rings is 1. The van der Waals surface area contributed by atoms with Crippen LogP contribution in [0, 0.1) is 12.8 Å². The van der Waals surface area contributed by atoms with E-state index in [1.807, 2.05) is 22.6 Å². The third-order valence-electron chi connectivity index (χ3n) is 5.68. The van der Waals surface area contributed by atoms with E-state index in [4.69, 9.17) is 0 Å². The van der Waals surface area contributed by atoms with E-state index in [2.05, 4.69) is 10.3 Å². The van der Waals surface area contributed by atoms with Crippen molar-refractivity contribution in [3.63, 3.8) is 0 Å². The zero-order valence-electron chi connectivity index (χ0n) is 15.2. The number of imidazole rings is 1. The zero-order valence-corrected chi connectivity index (χ0v) is 15.2. The monoisotopic (exact) mass is 346 g/mol. The lowest BCUT2D eigenvalue weighted by Gasteiger charge is -2.36. The molecule has 1 aliphatic carbocycles. The minimum absolute atomic E-state index is 0.160. The molecule has 25 heavy (non-hydrogen) atoms. The lowest BCUT2D eigenvalue weighted by Crippen LogP contribution is -2.46. The Balaban J connectivity index is 1.49. The molecule has 1 aromatic rings. The molecule has 1 saturated heterocycles. The Morgan fingerprint density at radius 1 is 1.20 bits per heavy atom. The van der Waals surface area contributed by atoms with Gasteiger partial charge in [-0.05, 0) is 45.4 Å². The molecule has 0 unspecified atom stereocenters. The number of amides is 2. The van der Waals surface area contributed by atoms with E-state index in [0.717, 1.165) is 50.9 Å². The topological polar surface area (TPSA) is 67.2 Å². The van der Waals surface area contributed by atoms with Gasteiger partial charge in [0.1, 0.15) is 12.4 Å². The van der Waals surface area contributed by atoms with Gasteiger partial charge in [0.25, 0.3) is 0 Å². The van der Waals surface area contributed by atoms with E-state index < -0.39 is 0 Å². The highest BCUT2D eigenvalue weighted by Crippen LogP contribution is 2.25. The largest absolute Gasteiger partial charge is 0.356 e. The number of hydrogen-bond donors (Lipinski definition) is 1. The molecule has 2 amide bonds. The highest BCUT2D eigenvalue weighted by molar-refractivity contribution is 5.79. The number of hydrogen-bond acceptors (Lipinski definition) is 3. The molecule has 1 saturated carbocycles. The zero-order chi connectivity index (χ0) is 17.6. The summed E-state index contributed by atoms with van der Waals surface area (Å²) in [6.07, 6.45) is 12.1. The smallest absolute Gasteiger partial charge is 0.242 e. The van der Waals surface area contributed by atoms with Gasteiger partial charge in [0.15, 0.2) is 0 Å². The molecular formula is C19H30N4O2. The predicted octanol–water partition coefficient (Wildman–Crippen LogP) is 2.27. The van der Waals surface area contributed by atoms with Gasteiger partial charge in [-0.25, -0.2) is 4.98 Å². The molecule has 6 nitrogen and oxygen atoms in total. The molecule has 2 fully saturated rings. The Kier molecular flexibility index (Phi) is 6.10. The Labute approximate surface area is 150 Å². The van der Waals surface area contributed by atoms with Crippen molar-refractivity contribution in [2.45, 2.75) is 70.9 Å². The number of nitrogens with zero attached hydrogens (tertiary/aromatic N) is 3. The maximum atomic E-state index is 12.7. The fourth-order valence-corrected chi connectivity index (χ4v) is 4.13. The number of nitrogens with one attached hydrogen (secondary N) is 1. The Morgan fingerprint density at radius 3 is 2.68 bits per heavy atom. The SMILES string of the molecule is Cc1nccn1CC(=O)N1CCCC[C@@H]1CCNC(=O)C1CCCC1. The summed E-state index contributed by atoms with van der Waals surface area (Å²) in [5.41, 5.74) is 0. The second-order valence-corrected chi connectivity index (χ2v) is 7.40. The van der Waals surface area contributed by atoms with Crippen molar-refractivity contribution in [3.8, 4) is 0 Å². The summed E-state index contributed by atoms with van der Waals surface area (Å²) in [6.45, 7) is 3.78. The average Bonchev–Trinajstić information content (AvgIpc) is 3.28. The van der Waals surface area contributed by atoms with E-state index in [9.17, 15) is 9.59 Å². The number of aryl methyl sites for hydroxylation is 1. The molecule has 1 N–H and O–H groups in total. The van der Waals surface area contributed by atoms with Gasteiger partial charge in [0, 0.05) is 37.4 Å². The Bertz CT molecular complexity index is 592. The number of carbonyl (C=O) groups excluding carboxylic acids is 2. The summed E-state index contributed by atoms with van der Waals surface area (Å²) in [4.78, 5) is 31.1. The molecule has 138 valence electrons. The minimum Gasteiger partial charge on any atom is -0.356 e. The van der Waals surface area contributed by atoms with Crippen LogP contribution in [0.2, 0.25) is 0 Å². The second-order valence-electron chi connectivity index (χ2n) is 7.40. The second kappa shape index (κ2) is 8.50.